The summed E-state index contributed by atoms with van der Waals surface area (Å²) in [6.45, 7) is 4.08. The Morgan fingerprint density at radius 1 is 1.24 bits per heavy atom. The molecule has 1 aliphatic heterocycles. The van der Waals surface area contributed by atoms with E-state index < -0.39 is 12.2 Å². The van der Waals surface area contributed by atoms with Crippen molar-refractivity contribution in [1.29, 1.82) is 0 Å². The third-order valence-corrected chi connectivity index (χ3v) is 4.04. The highest BCUT2D eigenvalue weighted by Crippen LogP contribution is 2.32. The molecule has 0 aromatic carbocycles. The summed E-state index contributed by atoms with van der Waals surface area (Å²) < 4.78 is 0. The van der Waals surface area contributed by atoms with Gasteiger partial charge < -0.3 is 15.1 Å². The van der Waals surface area contributed by atoms with Crippen molar-refractivity contribution >= 4 is 0 Å². The molecule has 0 saturated carbocycles. The predicted molar refractivity (Wildman–Crippen MR) is 68.4 cm³/mol. The fourth-order valence-electron chi connectivity index (χ4n) is 2.86. The smallest absolute Gasteiger partial charge is 0.100 e. The second-order valence-corrected chi connectivity index (χ2v) is 5.08. The number of aliphatic hydroxyl groups is 2. The molecule has 0 amide bonds. The summed E-state index contributed by atoms with van der Waals surface area (Å²) in [6.07, 6.45) is 9.78. The molecule has 2 rings (SSSR count). The molecule has 0 bridgehead atoms. The second kappa shape index (κ2) is 5.69. The lowest BCUT2D eigenvalue weighted by Crippen LogP contribution is -2.36. The van der Waals surface area contributed by atoms with Crippen molar-refractivity contribution in [3.8, 4) is 0 Å². The van der Waals surface area contributed by atoms with Gasteiger partial charge in [-0.25, -0.2) is 0 Å². The molecule has 0 aromatic rings. The Morgan fingerprint density at radius 2 is 2.06 bits per heavy atom. The van der Waals surface area contributed by atoms with Crippen LogP contribution >= 0.6 is 0 Å². The number of allylic oxidation sites excluding steroid dienone is 1. The van der Waals surface area contributed by atoms with Crippen LogP contribution in [0.5, 0.6) is 0 Å². The van der Waals surface area contributed by atoms with Crippen molar-refractivity contribution in [2.24, 2.45) is 11.8 Å². The molecule has 3 nitrogen and oxygen atoms in total. The van der Waals surface area contributed by atoms with E-state index in [0.29, 0.717) is 5.92 Å². The van der Waals surface area contributed by atoms with E-state index in [-0.39, 0.29) is 5.92 Å². The molecule has 1 aliphatic carbocycles. The van der Waals surface area contributed by atoms with E-state index in [0.717, 1.165) is 32.4 Å². The van der Waals surface area contributed by atoms with Gasteiger partial charge in [-0.1, -0.05) is 12.2 Å². The first-order valence-corrected chi connectivity index (χ1v) is 6.67. The van der Waals surface area contributed by atoms with Gasteiger partial charge in [0.15, 0.2) is 0 Å². The Hall–Kier alpha value is -0.800. The molecule has 3 heteroatoms. The highest BCUT2D eigenvalue weighted by atomic mass is 16.3. The molecule has 17 heavy (non-hydrogen) atoms. The van der Waals surface area contributed by atoms with Gasteiger partial charge in [0.2, 0.25) is 0 Å². The zero-order valence-electron chi connectivity index (χ0n) is 10.5. The van der Waals surface area contributed by atoms with Crippen LogP contribution in [0.1, 0.15) is 26.2 Å². The van der Waals surface area contributed by atoms with Gasteiger partial charge in [0.25, 0.3) is 0 Å². The van der Waals surface area contributed by atoms with Gasteiger partial charge in [0.1, 0.15) is 6.10 Å². The molecule has 0 aromatic heterocycles. The first kappa shape index (κ1) is 12.7. The van der Waals surface area contributed by atoms with Gasteiger partial charge >= 0.3 is 0 Å². The van der Waals surface area contributed by atoms with Gasteiger partial charge in [-0.3, -0.25) is 0 Å². The van der Waals surface area contributed by atoms with Crippen LogP contribution in [0.3, 0.4) is 0 Å². The summed E-state index contributed by atoms with van der Waals surface area (Å²) in [5.41, 5.74) is 0. The SMILES string of the molecule is CCN1/C=C\C(O)C(O)C2C=CCCC2CC1. The molecule has 4 unspecified atom stereocenters. The number of rotatable bonds is 1. The maximum absolute atomic E-state index is 10.2. The molecule has 0 spiro atoms. The summed E-state index contributed by atoms with van der Waals surface area (Å²) in [6, 6.07) is 0. The van der Waals surface area contributed by atoms with E-state index >= 15 is 0 Å². The summed E-state index contributed by atoms with van der Waals surface area (Å²) in [7, 11) is 0. The molecule has 0 fully saturated rings. The lowest BCUT2D eigenvalue weighted by Gasteiger charge is -2.32. The van der Waals surface area contributed by atoms with Gasteiger partial charge in [-0.2, -0.15) is 0 Å². The van der Waals surface area contributed by atoms with Crippen molar-refractivity contribution < 1.29 is 10.2 Å². The van der Waals surface area contributed by atoms with E-state index in [1.807, 2.05) is 6.20 Å². The van der Waals surface area contributed by atoms with Gasteiger partial charge in [-0.05, 0) is 44.4 Å². The molecule has 96 valence electrons. The summed E-state index contributed by atoms with van der Waals surface area (Å²) in [4.78, 5) is 2.20. The maximum atomic E-state index is 10.2. The first-order chi connectivity index (χ1) is 8.22. The molecule has 2 N–H and O–H groups in total. The van der Waals surface area contributed by atoms with Crippen LogP contribution in [0.4, 0.5) is 0 Å². The van der Waals surface area contributed by atoms with E-state index in [2.05, 4.69) is 24.0 Å². The largest absolute Gasteiger partial charge is 0.389 e. The van der Waals surface area contributed by atoms with E-state index in [1.54, 1.807) is 6.08 Å². The highest BCUT2D eigenvalue weighted by molar-refractivity contribution is 5.06. The Morgan fingerprint density at radius 3 is 2.82 bits per heavy atom. The van der Waals surface area contributed by atoms with Gasteiger partial charge in [0, 0.05) is 19.0 Å². The van der Waals surface area contributed by atoms with Crippen molar-refractivity contribution in [1.82, 2.24) is 4.90 Å². The molecule has 1 heterocycles. The van der Waals surface area contributed by atoms with Crippen LogP contribution in [-0.2, 0) is 0 Å². The number of nitrogens with zero attached hydrogens (tertiary/aromatic N) is 1. The molecular weight excluding hydrogens is 214 g/mol. The maximum Gasteiger partial charge on any atom is 0.100 e. The fraction of sp³-hybridized carbons (Fsp3) is 0.714. The average Bonchev–Trinajstić information content (AvgIpc) is 2.42. The van der Waals surface area contributed by atoms with Crippen LogP contribution in [0, 0.1) is 11.8 Å². The third kappa shape index (κ3) is 2.90. The van der Waals surface area contributed by atoms with Crippen LogP contribution in [0.15, 0.2) is 24.4 Å². The molecular formula is C14H23NO2. The lowest BCUT2D eigenvalue weighted by molar-refractivity contribution is 0.00110. The molecule has 0 saturated heterocycles. The monoisotopic (exact) mass is 237 g/mol. The first-order valence-electron chi connectivity index (χ1n) is 6.67. The van der Waals surface area contributed by atoms with Crippen molar-refractivity contribution in [2.75, 3.05) is 13.1 Å². The van der Waals surface area contributed by atoms with Crippen LogP contribution in [0.25, 0.3) is 0 Å². The fourth-order valence-corrected chi connectivity index (χ4v) is 2.86. The highest BCUT2D eigenvalue weighted by Gasteiger charge is 2.32. The zero-order chi connectivity index (χ0) is 12.3. The molecule has 2 aliphatic rings. The Labute approximate surface area is 103 Å². The minimum absolute atomic E-state index is 0.111. The number of fused-ring (bicyclic) bond motifs is 1. The Kier molecular flexibility index (Phi) is 4.24. The number of hydrogen-bond acceptors (Lipinski definition) is 3. The van der Waals surface area contributed by atoms with Crippen LogP contribution in [-0.4, -0.2) is 40.4 Å². The van der Waals surface area contributed by atoms with E-state index in [4.69, 9.17) is 0 Å². The zero-order valence-corrected chi connectivity index (χ0v) is 10.5. The summed E-state index contributed by atoms with van der Waals surface area (Å²) >= 11 is 0. The number of aliphatic hydroxyl groups excluding tert-OH is 2. The second-order valence-electron chi connectivity index (χ2n) is 5.08. The minimum atomic E-state index is -0.752. The van der Waals surface area contributed by atoms with Crippen LogP contribution < -0.4 is 0 Å². The third-order valence-electron chi connectivity index (χ3n) is 4.04. The average molecular weight is 237 g/mol. The normalized spacial score (nSPS) is 40.1. The van der Waals surface area contributed by atoms with Crippen molar-refractivity contribution in [2.45, 2.75) is 38.4 Å². The van der Waals surface area contributed by atoms with E-state index in [9.17, 15) is 10.2 Å². The van der Waals surface area contributed by atoms with Crippen LogP contribution in [0.2, 0.25) is 0 Å². The quantitative estimate of drug-likeness (QED) is 0.680. The van der Waals surface area contributed by atoms with E-state index in [1.165, 1.54) is 0 Å². The Bertz CT molecular complexity index is 301. The van der Waals surface area contributed by atoms with Crippen molar-refractivity contribution in [3.05, 3.63) is 24.4 Å². The minimum Gasteiger partial charge on any atom is -0.389 e. The lowest BCUT2D eigenvalue weighted by atomic mass is 9.77. The predicted octanol–water partition coefficient (Wildman–Crippen LogP) is 1.53. The standard InChI is InChI=1S/C14H23NO2/c1-2-15-9-7-11-5-3-4-6-12(11)14(17)13(16)8-10-15/h4,6,8,10-14,16-17H,2-3,5,7,9H2,1H3/b10-8-. The summed E-state index contributed by atoms with van der Waals surface area (Å²) in [5, 5.41) is 20.2. The molecule has 0 radical (unpaired) electrons. The van der Waals surface area contributed by atoms with Gasteiger partial charge in [-0.15, -0.1) is 0 Å². The molecule has 4 atom stereocenters. The Balaban J connectivity index is 2.16. The van der Waals surface area contributed by atoms with Gasteiger partial charge in [0.05, 0.1) is 6.10 Å². The van der Waals surface area contributed by atoms with Crippen molar-refractivity contribution in [3.63, 3.8) is 0 Å². The number of hydrogen-bond donors (Lipinski definition) is 2. The topological polar surface area (TPSA) is 43.7 Å². The summed E-state index contributed by atoms with van der Waals surface area (Å²) in [5.74, 6) is 0.610.